The van der Waals surface area contributed by atoms with Gasteiger partial charge in [0, 0.05) is 24.5 Å². The zero-order valence-corrected chi connectivity index (χ0v) is 17.7. The highest BCUT2D eigenvalue weighted by Gasteiger charge is 2.39. The van der Waals surface area contributed by atoms with Crippen LogP contribution in [0.1, 0.15) is 35.6 Å². The first-order valence-electron chi connectivity index (χ1n) is 10.3. The third kappa shape index (κ3) is 3.22. The Morgan fingerprint density at radius 2 is 1.81 bits per heavy atom. The van der Waals surface area contributed by atoms with E-state index in [2.05, 4.69) is 31.9 Å². The van der Waals surface area contributed by atoms with Crippen molar-refractivity contribution >= 4 is 11.2 Å². The molecule has 0 spiro atoms. The van der Waals surface area contributed by atoms with E-state index in [0.29, 0.717) is 35.0 Å². The minimum atomic E-state index is -1.52. The van der Waals surface area contributed by atoms with Crippen LogP contribution in [-0.4, -0.2) is 31.7 Å². The number of hydrogen-bond acceptors (Lipinski definition) is 9. The number of nitrogens with zero attached hydrogens (tertiary/aromatic N) is 4. The van der Waals surface area contributed by atoms with E-state index in [0.717, 1.165) is 11.1 Å². The molecule has 1 saturated heterocycles. The topological polar surface area (TPSA) is 121 Å². The average molecular weight is 432 g/mol. The van der Waals surface area contributed by atoms with Crippen molar-refractivity contribution in [3.05, 3.63) is 83.4 Å². The van der Waals surface area contributed by atoms with E-state index in [4.69, 9.17) is 9.72 Å². The van der Waals surface area contributed by atoms with Crippen molar-refractivity contribution in [3.8, 4) is 5.88 Å². The maximum atomic E-state index is 12.2. The van der Waals surface area contributed by atoms with Crippen LogP contribution in [0.4, 0.5) is 0 Å². The first-order chi connectivity index (χ1) is 15.7. The van der Waals surface area contributed by atoms with Crippen molar-refractivity contribution < 1.29 is 9.84 Å². The van der Waals surface area contributed by atoms with Gasteiger partial charge in [-0.2, -0.15) is 16.1 Å². The summed E-state index contributed by atoms with van der Waals surface area (Å²) in [5, 5.41) is 12.2. The summed E-state index contributed by atoms with van der Waals surface area (Å²) >= 11 is 0. The van der Waals surface area contributed by atoms with Gasteiger partial charge in [-0.15, -0.1) is 0 Å². The highest BCUT2D eigenvalue weighted by Crippen LogP contribution is 2.38. The van der Waals surface area contributed by atoms with E-state index >= 15 is 0 Å². The quantitative estimate of drug-likeness (QED) is 0.306. The van der Waals surface area contributed by atoms with E-state index < -0.39 is 5.60 Å². The number of imidazole rings is 1. The van der Waals surface area contributed by atoms with Gasteiger partial charge in [-0.05, 0) is 24.6 Å². The number of benzene rings is 1. The maximum Gasteiger partial charge on any atom is 0.221 e. The number of aryl methyl sites for hydroxylation is 1. The Kier molecular flexibility index (Phi) is 5.29. The molecule has 1 aliphatic rings. The van der Waals surface area contributed by atoms with Crippen LogP contribution in [0.15, 0.2) is 60.9 Å². The number of nitrogens with one attached hydrogen (secondary N) is 4. The summed E-state index contributed by atoms with van der Waals surface area (Å²) < 4.78 is 7.51. The third-order valence-electron chi connectivity index (χ3n) is 5.64. The number of ether oxygens (including phenoxy) is 1. The average Bonchev–Trinajstić information content (AvgIpc) is 3.51. The van der Waals surface area contributed by atoms with Gasteiger partial charge in [0.25, 0.3) is 0 Å². The van der Waals surface area contributed by atoms with E-state index in [1.54, 1.807) is 25.6 Å². The normalized spacial score (nSPS) is 16.3. The SMILES string of the molecule is CCn1c(C(O)(c2ccccc2)c2cccnc2)nc2nc(OC)c(C3NNNN3)cc21. The summed E-state index contributed by atoms with van der Waals surface area (Å²) in [5.74, 6) is 0.898. The Morgan fingerprint density at radius 3 is 2.47 bits per heavy atom. The van der Waals surface area contributed by atoms with Crippen molar-refractivity contribution in [1.82, 2.24) is 41.4 Å². The van der Waals surface area contributed by atoms with E-state index in [1.807, 2.05) is 54.0 Å². The van der Waals surface area contributed by atoms with Gasteiger partial charge in [0.1, 0.15) is 6.17 Å². The van der Waals surface area contributed by atoms with Gasteiger partial charge in [0.2, 0.25) is 5.88 Å². The molecule has 0 amide bonds. The number of aromatic nitrogens is 4. The van der Waals surface area contributed by atoms with Crippen LogP contribution >= 0.6 is 0 Å². The Labute approximate surface area is 184 Å². The number of methoxy groups -OCH3 is 1. The van der Waals surface area contributed by atoms with Gasteiger partial charge >= 0.3 is 0 Å². The molecule has 5 rings (SSSR count). The maximum absolute atomic E-state index is 12.2. The molecule has 0 aliphatic carbocycles. The smallest absolute Gasteiger partial charge is 0.221 e. The third-order valence-corrected chi connectivity index (χ3v) is 5.64. The molecule has 1 fully saturated rings. The molecule has 1 aromatic carbocycles. The fourth-order valence-corrected chi connectivity index (χ4v) is 4.10. The number of fused-ring (bicyclic) bond motifs is 1. The van der Waals surface area contributed by atoms with Gasteiger partial charge in [-0.1, -0.05) is 36.4 Å². The van der Waals surface area contributed by atoms with Crippen LogP contribution in [-0.2, 0) is 12.1 Å². The molecule has 164 valence electrons. The van der Waals surface area contributed by atoms with Crippen LogP contribution in [0.5, 0.6) is 5.88 Å². The van der Waals surface area contributed by atoms with Crippen molar-refractivity contribution in [2.24, 2.45) is 0 Å². The fraction of sp³-hybridized carbons (Fsp3) is 0.227. The van der Waals surface area contributed by atoms with E-state index in [-0.39, 0.29) is 6.17 Å². The van der Waals surface area contributed by atoms with Crippen molar-refractivity contribution in [2.75, 3.05) is 7.11 Å². The number of aliphatic hydroxyl groups is 1. The molecule has 0 saturated carbocycles. The zero-order valence-electron chi connectivity index (χ0n) is 17.7. The Hall–Kier alpha value is -3.41. The highest BCUT2D eigenvalue weighted by molar-refractivity contribution is 5.75. The Bertz CT molecular complexity index is 1180. The second kappa shape index (κ2) is 8.26. The molecular weight excluding hydrogens is 408 g/mol. The summed E-state index contributed by atoms with van der Waals surface area (Å²) in [6, 6.07) is 15.1. The van der Waals surface area contributed by atoms with Crippen LogP contribution in [0.2, 0.25) is 0 Å². The molecule has 3 aromatic heterocycles. The second-order valence-corrected chi connectivity index (χ2v) is 7.40. The summed E-state index contributed by atoms with van der Waals surface area (Å²) in [4.78, 5) is 13.7. The predicted molar refractivity (Wildman–Crippen MR) is 118 cm³/mol. The van der Waals surface area contributed by atoms with E-state index in [1.165, 1.54) is 0 Å². The van der Waals surface area contributed by atoms with Gasteiger partial charge in [0.05, 0.1) is 18.2 Å². The highest BCUT2D eigenvalue weighted by atomic mass is 16.5. The van der Waals surface area contributed by atoms with Gasteiger partial charge < -0.3 is 14.4 Å². The van der Waals surface area contributed by atoms with Gasteiger partial charge in [0.15, 0.2) is 17.1 Å². The van der Waals surface area contributed by atoms with Crippen LogP contribution in [0, 0.1) is 0 Å². The van der Waals surface area contributed by atoms with Crippen LogP contribution in [0.25, 0.3) is 11.2 Å². The molecule has 4 heterocycles. The minimum absolute atomic E-state index is 0.267. The lowest BCUT2D eigenvalue weighted by molar-refractivity contribution is 0.111. The summed E-state index contributed by atoms with van der Waals surface area (Å²) in [6.45, 7) is 2.59. The molecule has 1 aliphatic heterocycles. The van der Waals surface area contributed by atoms with E-state index in [9.17, 15) is 5.11 Å². The molecule has 5 N–H and O–H groups in total. The standard InChI is InChI=1S/C22H24N8O2/c1-3-30-17-12-16(18-26-28-29-27-18)20(32-2)24-19(17)25-21(30)22(31,14-8-5-4-6-9-14)15-10-7-11-23-13-15/h4-13,18,26-29,31H,3H2,1-2H3. The van der Waals surface area contributed by atoms with Crippen molar-refractivity contribution in [3.63, 3.8) is 0 Å². The molecular formula is C22H24N8O2. The summed E-state index contributed by atoms with van der Waals surface area (Å²) in [7, 11) is 1.57. The lowest BCUT2D eigenvalue weighted by Crippen LogP contribution is -2.33. The number of hydrogen-bond donors (Lipinski definition) is 5. The fourth-order valence-electron chi connectivity index (χ4n) is 4.10. The lowest BCUT2D eigenvalue weighted by atomic mass is 9.86. The van der Waals surface area contributed by atoms with Crippen LogP contribution in [0.3, 0.4) is 0 Å². The molecule has 1 atom stereocenters. The van der Waals surface area contributed by atoms with Gasteiger partial charge in [-0.25, -0.2) is 15.8 Å². The Balaban J connectivity index is 1.78. The molecule has 10 heteroatoms. The van der Waals surface area contributed by atoms with Crippen molar-refractivity contribution in [1.29, 1.82) is 0 Å². The first kappa shape index (κ1) is 20.5. The molecule has 1 unspecified atom stereocenters. The number of hydrazine groups is 3. The summed E-state index contributed by atoms with van der Waals surface area (Å²) in [6.07, 6.45) is 3.08. The second-order valence-electron chi connectivity index (χ2n) is 7.40. The molecule has 4 aromatic rings. The van der Waals surface area contributed by atoms with Gasteiger partial charge in [-0.3, -0.25) is 4.98 Å². The minimum Gasteiger partial charge on any atom is -0.481 e. The van der Waals surface area contributed by atoms with Crippen molar-refractivity contribution in [2.45, 2.75) is 25.2 Å². The monoisotopic (exact) mass is 432 g/mol. The molecule has 32 heavy (non-hydrogen) atoms. The molecule has 10 nitrogen and oxygen atoms in total. The molecule has 0 radical (unpaired) electrons. The number of pyridine rings is 2. The largest absolute Gasteiger partial charge is 0.481 e. The molecule has 0 bridgehead atoms. The number of rotatable bonds is 6. The first-order valence-corrected chi connectivity index (χ1v) is 10.3. The van der Waals surface area contributed by atoms with Crippen LogP contribution < -0.4 is 26.7 Å². The Morgan fingerprint density at radius 1 is 1.06 bits per heavy atom. The lowest BCUT2D eigenvalue weighted by Gasteiger charge is -2.29. The zero-order chi connectivity index (χ0) is 22.1. The predicted octanol–water partition coefficient (Wildman–Crippen LogP) is 1.25. The summed E-state index contributed by atoms with van der Waals surface area (Å²) in [5.41, 5.74) is 13.6.